The number of methoxy groups -OCH3 is 1. The van der Waals surface area contributed by atoms with Gasteiger partial charge in [-0.05, 0) is 25.7 Å². The van der Waals surface area contributed by atoms with Crippen LogP contribution in [0.2, 0.25) is 0 Å². The minimum Gasteiger partial charge on any atom is -0.467 e. The molecule has 1 aliphatic carbocycles. The van der Waals surface area contributed by atoms with Gasteiger partial charge in [-0.2, -0.15) is 0 Å². The van der Waals surface area contributed by atoms with Gasteiger partial charge in [0, 0.05) is 18.0 Å². The fraction of sp³-hybridized carbons (Fsp3) is 0.667. The van der Waals surface area contributed by atoms with Crippen molar-refractivity contribution in [3.8, 4) is 0 Å². The fourth-order valence-electron chi connectivity index (χ4n) is 2.74. The van der Waals surface area contributed by atoms with Crippen LogP contribution in [-0.2, 0) is 27.2 Å². The van der Waals surface area contributed by atoms with Crippen molar-refractivity contribution in [2.75, 3.05) is 7.11 Å². The van der Waals surface area contributed by atoms with E-state index in [1.54, 1.807) is 0 Å². The van der Waals surface area contributed by atoms with Crippen LogP contribution >= 0.6 is 0 Å². The highest BCUT2D eigenvalue weighted by Crippen LogP contribution is 2.24. The lowest BCUT2D eigenvalue weighted by Crippen LogP contribution is -2.48. The van der Waals surface area contributed by atoms with Gasteiger partial charge in [0.2, 0.25) is 5.91 Å². The Morgan fingerprint density at radius 3 is 2.76 bits per heavy atom. The molecule has 2 N–H and O–H groups in total. The Balaban J connectivity index is 2.02. The molecular formula is C15H23N3O3. The van der Waals surface area contributed by atoms with Crippen LogP contribution in [0.25, 0.3) is 0 Å². The van der Waals surface area contributed by atoms with Crippen LogP contribution in [0.4, 0.5) is 0 Å². The molecule has 1 aliphatic rings. The standard InChI is InChI=1S/C15H23N3O3/c1-8(2)13(15(20)21-4)18-14(19)10-5-6-11-12(7-10)17-9(3)16-11/h8,10,13H,5-7H2,1-4H3,(H,16,17)(H,18,19). The number of nitrogens with zero attached hydrogens (tertiary/aromatic N) is 1. The van der Waals surface area contributed by atoms with E-state index in [-0.39, 0.29) is 17.7 Å². The summed E-state index contributed by atoms with van der Waals surface area (Å²) in [6, 6.07) is -0.590. The highest BCUT2D eigenvalue weighted by atomic mass is 16.5. The monoisotopic (exact) mass is 293 g/mol. The zero-order valence-corrected chi connectivity index (χ0v) is 13.0. The van der Waals surface area contributed by atoms with Gasteiger partial charge in [0.15, 0.2) is 0 Å². The molecular weight excluding hydrogens is 270 g/mol. The molecule has 2 unspecified atom stereocenters. The topological polar surface area (TPSA) is 84.1 Å². The summed E-state index contributed by atoms with van der Waals surface area (Å²) >= 11 is 0. The maximum absolute atomic E-state index is 12.4. The maximum Gasteiger partial charge on any atom is 0.328 e. The van der Waals surface area contributed by atoms with Crippen LogP contribution in [0.15, 0.2) is 0 Å². The van der Waals surface area contributed by atoms with Gasteiger partial charge in [-0.3, -0.25) is 4.79 Å². The van der Waals surface area contributed by atoms with Crippen LogP contribution in [0.3, 0.4) is 0 Å². The van der Waals surface area contributed by atoms with Gasteiger partial charge in [-0.1, -0.05) is 13.8 Å². The number of imidazole rings is 1. The van der Waals surface area contributed by atoms with Crippen molar-refractivity contribution in [3.63, 3.8) is 0 Å². The van der Waals surface area contributed by atoms with Crippen LogP contribution in [-0.4, -0.2) is 35.0 Å². The lowest BCUT2D eigenvalue weighted by atomic mass is 9.88. The summed E-state index contributed by atoms with van der Waals surface area (Å²) in [5, 5.41) is 2.83. The van der Waals surface area contributed by atoms with Crippen molar-refractivity contribution < 1.29 is 14.3 Å². The van der Waals surface area contributed by atoms with E-state index in [4.69, 9.17) is 4.74 Å². The number of esters is 1. The van der Waals surface area contributed by atoms with E-state index < -0.39 is 12.0 Å². The normalized spacial score (nSPS) is 19.0. The van der Waals surface area contributed by atoms with Crippen LogP contribution in [0, 0.1) is 18.8 Å². The largest absolute Gasteiger partial charge is 0.467 e. The van der Waals surface area contributed by atoms with E-state index in [0.29, 0.717) is 6.42 Å². The molecule has 0 bridgehead atoms. The van der Waals surface area contributed by atoms with Gasteiger partial charge in [-0.25, -0.2) is 9.78 Å². The van der Waals surface area contributed by atoms with Gasteiger partial charge < -0.3 is 15.0 Å². The summed E-state index contributed by atoms with van der Waals surface area (Å²) in [7, 11) is 1.34. The first-order valence-electron chi connectivity index (χ1n) is 7.35. The Morgan fingerprint density at radius 2 is 2.14 bits per heavy atom. The Morgan fingerprint density at radius 1 is 1.43 bits per heavy atom. The molecule has 21 heavy (non-hydrogen) atoms. The molecule has 6 nitrogen and oxygen atoms in total. The van der Waals surface area contributed by atoms with E-state index in [0.717, 1.165) is 30.1 Å². The highest BCUT2D eigenvalue weighted by molar-refractivity contribution is 5.86. The summed E-state index contributed by atoms with van der Waals surface area (Å²) in [6.45, 7) is 5.69. The van der Waals surface area contributed by atoms with Crippen molar-refractivity contribution in [3.05, 3.63) is 17.2 Å². The second kappa shape index (κ2) is 6.28. The molecule has 1 aromatic rings. The third kappa shape index (κ3) is 3.43. The average molecular weight is 293 g/mol. The third-order valence-electron chi connectivity index (χ3n) is 3.95. The molecule has 116 valence electrons. The molecule has 1 heterocycles. The quantitative estimate of drug-likeness (QED) is 0.815. The predicted octanol–water partition coefficient (Wildman–Crippen LogP) is 1.14. The second-order valence-corrected chi connectivity index (χ2v) is 5.94. The van der Waals surface area contributed by atoms with Gasteiger partial charge >= 0.3 is 5.97 Å². The number of hydrogen-bond donors (Lipinski definition) is 2. The fourth-order valence-corrected chi connectivity index (χ4v) is 2.74. The van der Waals surface area contributed by atoms with Crippen molar-refractivity contribution in [2.45, 2.75) is 46.1 Å². The molecule has 1 amide bonds. The Hall–Kier alpha value is -1.85. The average Bonchev–Trinajstić information content (AvgIpc) is 2.82. The number of carbonyl (C=O) groups excluding carboxylic acids is 2. The number of hydrogen-bond acceptors (Lipinski definition) is 4. The number of rotatable bonds is 4. The lowest BCUT2D eigenvalue weighted by molar-refractivity contribution is -0.147. The second-order valence-electron chi connectivity index (χ2n) is 5.94. The van der Waals surface area contributed by atoms with Crippen molar-refractivity contribution >= 4 is 11.9 Å². The molecule has 6 heteroatoms. The highest BCUT2D eigenvalue weighted by Gasteiger charge is 2.31. The molecule has 0 aliphatic heterocycles. The van der Waals surface area contributed by atoms with E-state index in [1.165, 1.54) is 7.11 Å². The number of aromatic nitrogens is 2. The number of aryl methyl sites for hydroxylation is 2. The molecule has 0 saturated carbocycles. The smallest absolute Gasteiger partial charge is 0.328 e. The SMILES string of the molecule is COC(=O)C(NC(=O)C1CCc2nc(C)[nH]c2C1)C(C)C. The molecule has 2 atom stereocenters. The van der Waals surface area contributed by atoms with E-state index in [2.05, 4.69) is 15.3 Å². The number of carbonyl (C=O) groups is 2. The first kappa shape index (κ1) is 15.5. The van der Waals surface area contributed by atoms with Crippen molar-refractivity contribution in [1.29, 1.82) is 0 Å². The first-order chi connectivity index (χ1) is 9.92. The number of H-pyrrole nitrogens is 1. The molecule has 2 rings (SSSR count). The van der Waals surface area contributed by atoms with Crippen molar-refractivity contribution in [1.82, 2.24) is 15.3 Å². The van der Waals surface area contributed by atoms with Gasteiger partial charge in [0.1, 0.15) is 11.9 Å². The molecule has 0 saturated heterocycles. The van der Waals surface area contributed by atoms with Crippen LogP contribution in [0.1, 0.15) is 37.5 Å². The summed E-state index contributed by atoms with van der Waals surface area (Å²) in [5.41, 5.74) is 2.10. The Bertz CT molecular complexity index is 536. The zero-order valence-electron chi connectivity index (χ0n) is 13.0. The number of aromatic amines is 1. The minimum atomic E-state index is -0.590. The van der Waals surface area contributed by atoms with Crippen molar-refractivity contribution in [2.24, 2.45) is 11.8 Å². The van der Waals surface area contributed by atoms with E-state index >= 15 is 0 Å². The molecule has 0 aromatic carbocycles. The predicted molar refractivity (Wildman–Crippen MR) is 77.6 cm³/mol. The van der Waals surface area contributed by atoms with E-state index in [1.807, 2.05) is 20.8 Å². The number of amides is 1. The Kier molecular flexibility index (Phi) is 4.65. The summed E-state index contributed by atoms with van der Waals surface area (Å²) in [6.07, 6.45) is 2.20. The van der Waals surface area contributed by atoms with Gasteiger partial charge in [-0.15, -0.1) is 0 Å². The molecule has 1 aromatic heterocycles. The summed E-state index contributed by atoms with van der Waals surface area (Å²) in [5.74, 6) is 0.276. The summed E-state index contributed by atoms with van der Waals surface area (Å²) < 4.78 is 4.75. The number of fused-ring (bicyclic) bond motifs is 1. The Labute approximate surface area is 124 Å². The minimum absolute atomic E-state index is 0.00468. The number of ether oxygens (including phenoxy) is 1. The third-order valence-corrected chi connectivity index (χ3v) is 3.95. The van der Waals surface area contributed by atoms with Gasteiger partial charge in [0.05, 0.1) is 12.8 Å². The molecule has 0 fully saturated rings. The molecule has 0 radical (unpaired) electrons. The maximum atomic E-state index is 12.4. The number of nitrogens with one attached hydrogen (secondary N) is 2. The lowest BCUT2D eigenvalue weighted by Gasteiger charge is -2.25. The van der Waals surface area contributed by atoms with Gasteiger partial charge in [0.25, 0.3) is 0 Å². The first-order valence-corrected chi connectivity index (χ1v) is 7.35. The van der Waals surface area contributed by atoms with E-state index in [9.17, 15) is 9.59 Å². The van der Waals surface area contributed by atoms with Crippen LogP contribution in [0.5, 0.6) is 0 Å². The summed E-state index contributed by atoms with van der Waals surface area (Å²) in [4.78, 5) is 31.7. The van der Waals surface area contributed by atoms with Crippen LogP contribution < -0.4 is 5.32 Å². The zero-order chi connectivity index (χ0) is 15.6. The molecule has 0 spiro atoms.